The number of aromatic amines is 1. The summed E-state index contributed by atoms with van der Waals surface area (Å²) in [5.74, 6) is -0.214. The molecule has 106 valence electrons. The van der Waals surface area contributed by atoms with E-state index in [1.807, 2.05) is 18.3 Å². The second-order valence-corrected chi connectivity index (χ2v) is 4.97. The molecule has 0 amide bonds. The number of aromatic nitrogens is 3. The molecule has 2 heterocycles. The first-order valence-electron chi connectivity index (χ1n) is 6.98. The van der Waals surface area contributed by atoms with Crippen LogP contribution in [0.25, 0.3) is 11.3 Å². The molecule has 0 bridgehead atoms. The average Bonchev–Trinajstić information content (AvgIpc) is 2.98. The monoisotopic (exact) mass is 281 g/mol. The van der Waals surface area contributed by atoms with Crippen molar-refractivity contribution in [2.75, 3.05) is 0 Å². The van der Waals surface area contributed by atoms with Crippen LogP contribution in [0.4, 0.5) is 4.39 Å². The Morgan fingerprint density at radius 3 is 2.71 bits per heavy atom. The van der Waals surface area contributed by atoms with E-state index in [4.69, 9.17) is 0 Å². The number of pyridine rings is 1. The van der Waals surface area contributed by atoms with E-state index in [1.54, 1.807) is 18.3 Å². The maximum absolute atomic E-state index is 12.9. The molecule has 0 aliphatic heterocycles. The maximum Gasteiger partial charge on any atom is 0.123 e. The molecular weight excluding hydrogens is 265 g/mol. The Hall–Kier alpha value is -2.49. The largest absolute Gasteiger partial charge is 0.282 e. The quantitative estimate of drug-likeness (QED) is 0.791. The average molecular weight is 281 g/mol. The molecule has 2 aromatic heterocycles. The van der Waals surface area contributed by atoms with E-state index in [1.165, 1.54) is 17.7 Å². The first-order valence-corrected chi connectivity index (χ1v) is 6.98. The van der Waals surface area contributed by atoms with Gasteiger partial charge in [0.25, 0.3) is 0 Å². The van der Waals surface area contributed by atoms with E-state index in [9.17, 15) is 4.39 Å². The molecule has 0 aliphatic carbocycles. The van der Waals surface area contributed by atoms with Gasteiger partial charge in [0.1, 0.15) is 5.82 Å². The molecule has 3 rings (SSSR count). The van der Waals surface area contributed by atoms with Crippen molar-refractivity contribution < 1.29 is 4.39 Å². The topological polar surface area (TPSA) is 41.6 Å². The summed E-state index contributed by atoms with van der Waals surface area (Å²) in [6.45, 7) is 2.10. The number of nitrogens with zero attached hydrogens (tertiary/aromatic N) is 2. The minimum Gasteiger partial charge on any atom is -0.282 e. The van der Waals surface area contributed by atoms with Gasteiger partial charge in [-0.1, -0.05) is 19.1 Å². The summed E-state index contributed by atoms with van der Waals surface area (Å²) in [7, 11) is 0. The number of hydrogen-bond acceptors (Lipinski definition) is 2. The fraction of sp³-hybridized carbons (Fsp3) is 0.176. The Morgan fingerprint density at radius 2 is 1.95 bits per heavy atom. The lowest BCUT2D eigenvalue weighted by Crippen LogP contribution is -1.88. The molecule has 0 atom stereocenters. The molecule has 21 heavy (non-hydrogen) atoms. The lowest BCUT2D eigenvalue weighted by atomic mass is 10.0. The van der Waals surface area contributed by atoms with Crippen molar-refractivity contribution in [2.24, 2.45) is 0 Å². The van der Waals surface area contributed by atoms with Gasteiger partial charge >= 0.3 is 0 Å². The SMILES string of the molecule is CCc1cnccc1-c1cc(Cc2ccc(F)cc2)[nH]n1. The molecule has 0 aliphatic rings. The van der Waals surface area contributed by atoms with Crippen LogP contribution >= 0.6 is 0 Å². The van der Waals surface area contributed by atoms with E-state index in [2.05, 4.69) is 22.1 Å². The van der Waals surface area contributed by atoms with E-state index in [-0.39, 0.29) is 5.82 Å². The molecule has 1 N–H and O–H groups in total. The molecule has 0 unspecified atom stereocenters. The molecule has 0 saturated carbocycles. The standard InChI is InChI=1S/C17H16FN3/c1-2-13-11-19-8-7-16(13)17-10-15(20-21-17)9-12-3-5-14(18)6-4-12/h3-8,10-11H,2,9H2,1H3,(H,20,21). The van der Waals surface area contributed by atoms with Crippen molar-refractivity contribution in [3.8, 4) is 11.3 Å². The Kier molecular flexibility index (Phi) is 3.77. The summed E-state index contributed by atoms with van der Waals surface area (Å²) in [5.41, 5.74) is 5.27. The number of halogens is 1. The molecule has 3 aromatic rings. The maximum atomic E-state index is 12.9. The van der Waals surface area contributed by atoms with Crippen LogP contribution in [-0.2, 0) is 12.8 Å². The zero-order chi connectivity index (χ0) is 14.7. The summed E-state index contributed by atoms with van der Waals surface area (Å²) in [6, 6.07) is 10.6. The van der Waals surface area contributed by atoms with Crippen molar-refractivity contribution in [3.05, 3.63) is 71.4 Å². The van der Waals surface area contributed by atoms with Gasteiger partial charge in [0.2, 0.25) is 0 Å². The minimum atomic E-state index is -0.214. The summed E-state index contributed by atoms with van der Waals surface area (Å²) >= 11 is 0. The summed E-state index contributed by atoms with van der Waals surface area (Å²) in [5, 5.41) is 7.44. The van der Waals surface area contributed by atoms with Gasteiger partial charge in [-0.25, -0.2) is 4.39 Å². The number of hydrogen-bond donors (Lipinski definition) is 1. The normalized spacial score (nSPS) is 10.8. The van der Waals surface area contributed by atoms with Gasteiger partial charge in [0.15, 0.2) is 0 Å². The van der Waals surface area contributed by atoms with E-state index in [0.717, 1.165) is 28.9 Å². The predicted octanol–water partition coefficient (Wildman–Crippen LogP) is 3.76. The highest BCUT2D eigenvalue weighted by atomic mass is 19.1. The number of H-pyrrole nitrogens is 1. The smallest absolute Gasteiger partial charge is 0.123 e. The molecular formula is C17H16FN3. The third-order valence-corrected chi connectivity index (χ3v) is 3.50. The fourth-order valence-electron chi connectivity index (χ4n) is 2.37. The van der Waals surface area contributed by atoms with Crippen molar-refractivity contribution in [3.63, 3.8) is 0 Å². The van der Waals surface area contributed by atoms with Crippen molar-refractivity contribution in [2.45, 2.75) is 19.8 Å². The van der Waals surface area contributed by atoms with Gasteiger partial charge in [-0.15, -0.1) is 0 Å². The summed E-state index contributed by atoms with van der Waals surface area (Å²) in [4.78, 5) is 4.15. The minimum absolute atomic E-state index is 0.214. The molecule has 1 aromatic carbocycles. The first kappa shape index (κ1) is 13.5. The zero-order valence-corrected chi connectivity index (χ0v) is 11.8. The van der Waals surface area contributed by atoms with Gasteiger partial charge in [-0.3, -0.25) is 10.1 Å². The molecule has 0 spiro atoms. The third-order valence-electron chi connectivity index (χ3n) is 3.50. The van der Waals surface area contributed by atoms with Crippen LogP contribution in [0.2, 0.25) is 0 Å². The highest BCUT2D eigenvalue weighted by Gasteiger charge is 2.08. The second kappa shape index (κ2) is 5.87. The molecule has 0 saturated heterocycles. The van der Waals surface area contributed by atoms with E-state index >= 15 is 0 Å². The van der Waals surface area contributed by atoms with Crippen LogP contribution in [0.3, 0.4) is 0 Å². The van der Waals surface area contributed by atoms with Crippen molar-refractivity contribution in [1.29, 1.82) is 0 Å². The lowest BCUT2D eigenvalue weighted by molar-refractivity contribution is 0.627. The highest BCUT2D eigenvalue weighted by molar-refractivity contribution is 5.63. The van der Waals surface area contributed by atoms with Gasteiger partial charge in [0.05, 0.1) is 5.69 Å². The van der Waals surface area contributed by atoms with E-state index < -0.39 is 0 Å². The van der Waals surface area contributed by atoms with Crippen LogP contribution in [0.5, 0.6) is 0 Å². The summed E-state index contributed by atoms with van der Waals surface area (Å²) < 4.78 is 12.9. The Labute approximate surface area is 122 Å². The fourth-order valence-corrected chi connectivity index (χ4v) is 2.37. The van der Waals surface area contributed by atoms with Crippen LogP contribution in [0, 0.1) is 5.82 Å². The number of nitrogens with one attached hydrogen (secondary N) is 1. The van der Waals surface area contributed by atoms with Crippen molar-refractivity contribution in [1.82, 2.24) is 15.2 Å². The van der Waals surface area contributed by atoms with Crippen LogP contribution in [0.1, 0.15) is 23.7 Å². The highest BCUT2D eigenvalue weighted by Crippen LogP contribution is 2.22. The molecule has 0 fully saturated rings. The molecule has 3 nitrogen and oxygen atoms in total. The third kappa shape index (κ3) is 2.99. The number of aryl methyl sites for hydroxylation is 1. The molecule has 0 radical (unpaired) electrons. The Bertz CT molecular complexity index is 732. The lowest BCUT2D eigenvalue weighted by Gasteiger charge is -2.02. The first-order chi connectivity index (χ1) is 10.3. The zero-order valence-electron chi connectivity index (χ0n) is 11.8. The summed E-state index contributed by atoms with van der Waals surface area (Å²) in [6.07, 6.45) is 5.29. The van der Waals surface area contributed by atoms with Gasteiger partial charge in [-0.2, -0.15) is 5.10 Å². The Balaban J connectivity index is 1.84. The molecule has 4 heteroatoms. The van der Waals surface area contributed by atoms with Gasteiger partial charge < -0.3 is 0 Å². The number of rotatable bonds is 4. The van der Waals surface area contributed by atoms with Crippen LogP contribution in [0.15, 0.2) is 48.8 Å². The van der Waals surface area contributed by atoms with Gasteiger partial charge in [-0.05, 0) is 41.8 Å². The Morgan fingerprint density at radius 1 is 1.14 bits per heavy atom. The van der Waals surface area contributed by atoms with Crippen LogP contribution in [-0.4, -0.2) is 15.2 Å². The second-order valence-electron chi connectivity index (χ2n) is 4.97. The van der Waals surface area contributed by atoms with Gasteiger partial charge in [0, 0.05) is 30.1 Å². The van der Waals surface area contributed by atoms with Crippen molar-refractivity contribution >= 4 is 0 Å². The predicted molar refractivity (Wildman–Crippen MR) is 80.4 cm³/mol. The van der Waals surface area contributed by atoms with Crippen LogP contribution < -0.4 is 0 Å². The van der Waals surface area contributed by atoms with E-state index in [0.29, 0.717) is 6.42 Å². The number of benzene rings is 1.